The van der Waals surface area contributed by atoms with Crippen LogP contribution in [0.5, 0.6) is 0 Å². The Balaban J connectivity index is 2.48. The quantitative estimate of drug-likeness (QED) is 0.353. The molecule has 3 atom stereocenters. The molecule has 3 unspecified atom stereocenters. The Morgan fingerprint density at radius 1 is 0.880 bits per heavy atom. The fourth-order valence-corrected chi connectivity index (χ4v) is 3.53. The van der Waals surface area contributed by atoms with Crippen LogP contribution in [0.1, 0.15) is 91.4 Å². The van der Waals surface area contributed by atoms with E-state index < -0.39 is 0 Å². The van der Waals surface area contributed by atoms with E-state index in [9.17, 15) is 9.59 Å². The summed E-state index contributed by atoms with van der Waals surface area (Å²) in [6.45, 7) is 7.41. The lowest BCUT2D eigenvalue weighted by atomic mass is 9.79. The van der Waals surface area contributed by atoms with Crippen LogP contribution in [0.15, 0.2) is 0 Å². The molecule has 25 heavy (non-hydrogen) atoms. The summed E-state index contributed by atoms with van der Waals surface area (Å²) in [6, 6.07) is 0. The summed E-state index contributed by atoms with van der Waals surface area (Å²) in [7, 11) is 0. The van der Waals surface area contributed by atoms with Crippen LogP contribution in [0, 0.1) is 17.8 Å². The van der Waals surface area contributed by atoms with E-state index in [1.807, 2.05) is 0 Å². The first-order chi connectivity index (χ1) is 12.1. The molecule has 0 amide bonds. The molecule has 0 aromatic carbocycles. The topological polar surface area (TPSA) is 52.6 Å². The molecule has 0 aromatic heterocycles. The van der Waals surface area contributed by atoms with Gasteiger partial charge in [0.25, 0.3) is 0 Å². The van der Waals surface area contributed by atoms with Crippen LogP contribution in [0.3, 0.4) is 0 Å². The number of carbonyl (C=O) groups is 2. The molecular formula is C21H38O4. The summed E-state index contributed by atoms with van der Waals surface area (Å²) in [4.78, 5) is 24.9. The van der Waals surface area contributed by atoms with E-state index in [2.05, 4.69) is 20.8 Å². The summed E-state index contributed by atoms with van der Waals surface area (Å²) >= 11 is 0. The van der Waals surface area contributed by atoms with Gasteiger partial charge in [-0.1, -0.05) is 65.7 Å². The number of unbranched alkanes of at least 4 members (excludes halogenated alkanes) is 3. The zero-order valence-corrected chi connectivity index (χ0v) is 16.6. The van der Waals surface area contributed by atoms with Gasteiger partial charge in [-0.3, -0.25) is 9.59 Å². The van der Waals surface area contributed by atoms with E-state index in [4.69, 9.17) is 9.47 Å². The Morgan fingerprint density at radius 3 is 2.04 bits per heavy atom. The van der Waals surface area contributed by atoms with Crippen molar-refractivity contribution in [1.82, 2.24) is 0 Å². The molecule has 4 heteroatoms. The van der Waals surface area contributed by atoms with Gasteiger partial charge in [-0.05, 0) is 31.6 Å². The second-order valence-electron chi connectivity index (χ2n) is 7.42. The van der Waals surface area contributed by atoms with Crippen LogP contribution in [0.25, 0.3) is 0 Å². The van der Waals surface area contributed by atoms with Crippen LogP contribution in [0.4, 0.5) is 0 Å². The van der Waals surface area contributed by atoms with Crippen molar-refractivity contribution >= 4 is 11.9 Å². The second-order valence-corrected chi connectivity index (χ2v) is 7.42. The average molecular weight is 355 g/mol. The predicted octanol–water partition coefficient (Wildman–Crippen LogP) is 5.29. The highest BCUT2D eigenvalue weighted by atomic mass is 16.5. The van der Waals surface area contributed by atoms with Gasteiger partial charge in [0.05, 0.1) is 25.0 Å². The Bertz CT molecular complexity index is 380. The Labute approximate surface area is 154 Å². The van der Waals surface area contributed by atoms with Crippen molar-refractivity contribution in [1.29, 1.82) is 0 Å². The first kappa shape index (κ1) is 22.0. The van der Waals surface area contributed by atoms with E-state index in [1.165, 1.54) is 12.8 Å². The van der Waals surface area contributed by atoms with Gasteiger partial charge in [-0.15, -0.1) is 0 Å². The highest BCUT2D eigenvalue weighted by Crippen LogP contribution is 2.32. The summed E-state index contributed by atoms with van der Waals surface area (Å²) in [5.41, 5.74) is 0. The first-order valence-corrected chi connectivity index (χ1v) is 10.5. The van der Waals surface area contributed by atoms with Gasteiger partial charge >= 0.3 is 11.9 Å². The number of hydrogen-bond acceptors (Lipinski definition) is 4. The van der Waals surface area contributed by atoms with Gasteiger partial charge in [0.1, 0.15) is 0 Å². The summed E-state index contributed by atoms with van der Waals surface area (Å²) in [5.74, 6) is -0.567. The molecule has 0 aromatic rings. The van der Waals surface area contributed by atoms with Crippen molar-refractivity contribution in [2.24, 2.45) is 17.8 Å². The number of rotatable bonds is 12. The summed E-state index contributed by atoms with van der Waals surface area (Å²) < 4.78 is 11.0. The molecule has 146 valence electrons. The van der Waals surface area contributed by atoms with E-state index in [0.29, 0.717) is 19.1 Å². The normalized spacial score (nSPS) is 21.6. The molecule has 1 aliphatic carbocycles. The van der Waals surface area contributed by atoms with Crippen LogP contribution in [-0.2, 0) is 19.1 Å². The third-order valence-corrected chi connectivity index (χ3v) is 5.37. The molecule has 0 N–H and O–H groups in total. The minimum absolute atomic E-state index is 0.190. The van der Waals surface area contributed by atoms with Crippen LogP contribution < -0.4 is 0 Å². The molecule has 0 spiro atoms. The highest BCUT2D eigenvalue weighted by Gasteiger charge is 2.38. The molecule has 0 saturated heterocycles. The zero-order valence-electron chi connectivity index (χ0n) is 16.6. The zero-order chi connectivity index (χ0) is 18.5. The van der Waals surface area contributed by atoms with E-state index in [0.717, 1.165) is 57.8 Å². The molecule has 0 aliphatic heterocycles. The van der Waals surface area contributed by atoms with Gasteiger partial charge in [0.15, 0.2) is 0 Å². The molecule has 4 nitrogen and oxygen atoms in total. The van der Waals surface area contributed by atoms with Crippen molar-refractivity contribution in [2.75, 3.05) is 13.2 Å². The lowest BCUT2D eigenvalue weighted by Gasteiger charge is -2.28. The third-order valence-electron chi connectivity index (χ3n) is 5.37. The monoisotopic (exact) mass is 354 g/mol. The van der Waals surface area contributed by atoms with Gasteiger partial charge < -0.3 is 9.47 Å². The van der Waals surface area contributed by atoms with Crippen molar-refractivity contribution < 1.29 is 19.1 Å². The summed E-state index contributed by atoms with van der Waals surface area (Å²) in [5, 5.41) is 0. The molecule has 0 bridgehead atoms. The molecule has 0 radical (unpaired) electrons. The van der Waals surface area contributed by atoms with Gasteiger partial charge in [-0.2, -0.15) is 0 Å². The maximum Gasteiger partial charge on any atom is 0.309 e. The molecule has 1 rings (SSSR count). The molecule has 0 heterocycles. The van der Waals surface area contributed by atoms with E-state index in [1.54, 1.807) is 0 Å². The van der Waals surface area contributed by atoms with Crippen molar-refractivity contribution in [2.45, 2.75) is 91.4 Å². The average Bonchev–Trinajstić information content (AvgIpc) is 2.65. The van der Waals surface area contributed by atoms with Crippen molar-refractivity contribution in [3.63, 3.8) is 0 Å². The van der Waals surface area contributed by atoms with Gasteiger partial charge in [0.2, 0.25) is 0 Å². The third kappa shape index (κ3) is 8.24. The number of hydrogen-bond donors (Lipinski definition) is 0. The van der Waals surface area contributed by atoms with Crippen LogP contribution >= 0.6 is 0 Å². The van der Waals surface area contributed by atoms with Crippen molar-refractivity contribution in [3.05, 3.63) is 0 Å². The lowest BCUT2D eigenvalue weighted by molar-refractivity contribution is -0.163. The number of ether oxygens (including phenoxy) is 2. The fraction of sp³-hybridized carbons (Fsp3) is 0.905. The van der Waals surface area contributed by atoms with E-state index >= 15 is 0 Å². The number of carbonyl (C=O) groups excluding carboxylic acids is 2. The minimum Gasteiger partial charge on any atom is -0.465 e. The predicted molar refractivity (Wildman–Crippen MR) is 100 cm³/mol. The second kappa shape index (κ2) is 13.2. The number of esters is 2. The molecule has 1 fully saturated rings. The molecular weight excluding hydrogens is 316 g/mol. The molecule has 1 aliphatic rings. The Morgan fingerprint density at radius 2 is 1.48 bits per heavy atom. The summed E-state index contributed by atoms with van der Waals surface area (Å²) in [6.07, 6.45) is 11.0. The smallest absolute Gasteiger partial charge is 0.309 e. The van der Waals surface area contributed by atoms with Gasteiger partial charge in [0, 0.05) is 0 Å². The standard InChI is InChI=1S/C21H38O4/c1-4-7-11-15-24-20(22)18-13-9-10-14-19(18)21(23)25-16-17(6-3)12-8-5-2/h17-19H,4-16H2,1-3H3. The van der Waals surface area contributed by atoms with Crippen LogP contribution in [0.2, 0.25) is 0 Å². The van der Waals surface area contributed by atoms with Crippen LogP contribution in [-0.4, -0.2) is 25.2 Å². The minimum atomic E-state index is -0.309. The maximum atomic E-state index is 12.6. The lowest BCUT2D eigenvalue weighted by Crippen LogP contribution is -2.35. The highest BCUT2D eigenvalue weighted by molar-refractivity contribution is 5.82. The van der Waals surface area contributed by atoms with Gasteiger partial charge in [-0.25, -0.2) is 0 Å². The SMILES string of the molecule is CCCCCOC(=O)C1CCCCC1C(=O)OCC(CC)CCCC. The van der Waals surface area contributed by atoms with E-state index in [-0.39, 0.29) is 23.8 Å². The fourth-order valence-electron chi connectivity index (χ4n) is 3.53. The maximum absolute atomic E-state index is 12.6. The van der Waals surface area contributed by atoms with Crippen molar-refractivity contribution in [3.8, 4) is 0 Å². The largest absolute Gasteiger partial charge is 0.465 e. The first-order valence-electron chi connectivity index (χ1n) is 10.5. The Hall–Kier alpha value is -1.06. The molecule has 1 saturated carbocycles. The Kier molecular flexibility index (Phi) is 11.6.